The minimum absolute atomic E-state index is 0.0331. The number of hydrogen-bond donors (Lipinski definition) is 0. The Morgan fingerprint density at radius 2 is 1.71 bits per heavy atom. The molecule has 21 heavy (non-hydrogen) atoms. The van der Waals surface area contributed by atoms with Crippen LogP contribution in [0.5, 0.6) is 0 Å². The molecule has 0 fully saturated rings. The van der Waals surface area contributed by atoms with E-state index in [0.29, 0.717) is 11.1 Å². The zero-order chi connectivity index (χ0) is 15.0. The molecule has 0 aliphatic rings. The van der Waals surface area contributed by atoms with Gasteiger partial charge in [-0.1, -0.05) is 42.0 Å². The van der Waals surface area contributed by atoms with E-state index in [4.69, 9.17) is 4.42 Å². The molecule has 108 valence electrons. The van der Waals surface area contributed by atoms with Crippen molar-refractivity contribution in [2.24, 2.45) is 0 Å². The van der Waals surface area contributed by atoms with Gasteiger partial charge >= 0.3 is 6.18 Å². The molecule has 0 aliphatic heterocycles. The minimum Gasteiger partial charge on any atom is -0.460 e. The minimum atomic E-state index is -4.30. The molecule has 1 heterocycles. The quantitative estimate of drug-likeness (QED) is 0.606. The van der Waals surface area contributed by atoms with Crippen LogP contribution in [0.25, 0.3) is 22.1 Å². The van der Waals surface area contributed by atoms with Crippen LogP contribution in [0.3, 0.4) is 0 Å². The average molecular weight is 290 g/mol. The van der Waals surface area contributed by atoms with E-state index in [1.807, 2.05) is 25.1 Å². The fourth-order valence-electron chi connectivity index (χ4n) is 2.49. The standard InChI is InChI=1S/C17H13F3O/c1-11-7-8-14-13(9-11)16(12-5-3-2-4-6-12)15(21-14)10-17(18,19)20/h2-9H,10H2,1H3. The lowest BCUT2D eigenvalue weighted by atomic mass is 10.00. The summed E-state index contributed by atoms with van der Waals surface area (Å²) in [6, 6.07) is 14.5. The summed E-state index contributed by atoms with van der Waals surface area (Å²) in [5, 5.41) is 0.723. The summed E-state index contributed by atoms with van der Waals surface area (Å²) >= 11 is 0. The number of alkyl halides is 3. The van der Waals surface area contributed by atoms with E-state index >= 15 is 0 Å². The van der Waals surface area contributed by atoms with Gasteiger partial charge in [-0.3, -0.25) is 0 Å². The van der Waals surface area contributed by atoms with Gasteiger partial charge in [0.25, 0.3) is 0 Å². The first-order valence-corrected chi connectivity index (χ1v) is 6.58. The summed E-state index contributed by atoms with van der Waals surface area (Å²) in [6.07, 6.45) is -5.36. The molecule has 0 spiro atoms. The smallest absolute Gasteiger partial charge is 0.396 e. The Labute approximate surface area is 120 Å². The molecule has 0 saturated heterocycles. The summed E-state index contributed by atoms with van der Waals surface area (Å²) in [4.78, 5) is 0. The van der Waals surface area contributed by atoms with E-state index in [0.717, 1.165) is 16.5 Å². The normalized spacial score (nSPS) is 12.0. The van der Waals surface area contributed by atoms with E-state index in [1.54, 1.807) is 30.3 Å². The Morgan fingerprint density at radius 1 is 1.00 bits per heavy atom. The molecule has 0 saturated carbocycles. The predicted octanol–water partition coefficient (Wildman–Crippen LogP) is 5.51. The van der Waals surface area contributed by atoms with Gasteiger partial charge < -0.3 is 4.42 Å². The van der Waals surface area contributed by atoms with Crippen molar-refractivity contribution in [2.75, 3.05) is 0 Å². The van der Waals surface area contributed by atoms with Crippen LogP contribution in [0.15, 0.2) is 52.9 Å². The predicted molar refractivity (Wildman–Crippen MR) is 76.1 cm³/mol. The molecule has 0 radical (unpaired) electrons. The lowest BCUT2D eigenvalue weighted by molar-refractivity contribution is -0.129. The number of aryl methyl sites for hydroxylation is 1. The molecule has 3 rings (SSSR count). The second kappa shape index (κ2) is 4.95. The second-order valence-electron chi connectivity index (χ2n) is 5.06. The Balaban J connectivity index is 2.27. The van der Waals surface area contributed by atoms with E-state index < -0.39 is 12.6 Å². The fraction of sp³-hybridized carbons (Fsp3) is 0.176. The first kappa shape index (κ1) is 13.7. The average Bonchev–Trinajstić information content (AvgIpc) is 2.74. The highest BCUT2D eigenvalue weighted by atomic mass is 19.4. The van der Waals surface area contributed by atoms with Gasteiger partial charge in [0.2, 0.25) is 0 Å². The van der Waals surface area contributed by atoms with Crippen molar-refractivity contribution in [1.82, 2.24) is 0 Å². The molecule has 2 aromatic carbocycles. The lowest BCUT2D eigenvalue weighted by Crippen LogP contribution is -2.11. The van der Waals surface area contributed by atoms with Crippen LogP contribution in [0.2, 0.25) is 0 Å². The molecule has 0 amide bonds. The van der Waals surface area contributed by atoms with Crippen molar-refractivity contribution >= 4 is 11.0 Å². The van der Waals surface area contributed by atoms with Crippen LogP contribution in [0.1, 0.15) is 11.3 Å². The monoisotopic (exact) mass is 290 g/mol. The van der Waals surface area contributed by atoms with E-state index in [2.05, 4.69) is 0 Å². The zero-order valence-electron chi connectivity index (χ0n) is 11.4. The van der Waals surface area contributed by atoms with Crippen molar-refractivity contribution in [3.63, 3.8) is 0 Å². The van der Waals surface area contributed by atoms with Gasteiger partial charge in [0.05, 0.1) is 0 Å². The maximum Gasteiger partial charge on any atom is 0.396 e. The molecule has 0 N–H and O–H groups in total. The molecular weight excluding hydrogens is 277 g/mol. The highest BCUT2D eigenvalue weighted by Gasteiger charge is 2.32. The number of hydrogen-bond acceptors (Lipinski definition) is 1. The maximum atomic E-state index is 12.8. The van der Waals surface area contributed by atoms with Crippen LogP contribution in [-0.2, 0) is 6.42 Å². The van der Waals surface area contributed by atoms with Crippen molar-refractivity contribution in [3.8, 4) is 11.1 Å². The summed E-state index contributed by atoms with van der Waals surface area (Å²) in [6.45, 7) is 1.91. The molecule has 0 atom stereocenters. The molecule has 0 aliphatic carbocycles. The van der Waals surface area contributed by atoms with E-state index in [-0.39, 0.29) is 5.76 Å². The third-order valence-corrected chi connectivity index (χ3v) is 3.34. The molecule has 0 unspecified atom stereocenters. The number of furan rings is 1. The number of fused-ring (bicyclic) bond motifs is 1. The van der Waals surface area contributed by atoms with Gasteiger partial charge in [-0.2, -0.15) is 13.2 Å². The molecule has 1 nitrogen and oxygen atoms in total. The Kier molecular flexibility index (Phi) is 3.24. The topological polar surface area (TPSA) is 13.1 Å². The molecular formula is C17H13F3O. The second-order valence-corrected chi connectivity index (χ2v) is 5.06. The summed E-state index contributed by atoms with van der Waals surface area (Å²) in [5.41, 5.74) is 2.74. The number of rotatable bonds is 2. The van der Waals surface area contributed by atoms with Crippen molar-refractivity contribution in [3.05, 3.63) is 59.9 Å². The Morgan fingerprint density at radius 3 is 2.38 bits per heavy atom. The first-order valence-electron chi connectivity index (χ1n) is 6.58. The molecule has 0 bridgehead atoms. The van der Waals surface area contributed by atoms with Gasteiger partial charge in [-0.05, 0) is 24.6 Å². The highest BCUT2D eigenvalue weighted by molar-refractivity contribution is 5.96. The molecule has 1 aromatic heterocycles. The van der Waals surface area contributed by atoms with Gasteiger partial charge in [-0.15, -0.1) is 0 Å². The Bertz CT molecular complexity index is 770. The van der Waals surface area contributed by atoms with Gasteiger partial charge in [0, 0.05) is 10.9 Å². The van der Waals surface area contributed by atoms with Crippen LogP contribution < -0.4 is 0 Å². The van der Waals surface area contributed by atoms with Crippen LogP contribution >= 0.6 is 0 Å². The van der Waals surface area contributed by atoms with Crippen LogP contribution in [0.4, 0.5) is 13.2 Å². The van der Waals surface area contributed by atoms with Gasteiger partial charge in [-0.25, -0.2) is 0 Å². The summed E-state index contributed by atoms with van der Waals surface area (Å²) < 4.78 is 43.8. The summed E-state index contributed by atoms with van der Waals surface area (Å²) in [7, 11) is 0. The van der Waals surface area contributed by atoms with Crippen molar-refractivity contribution in [2.45, 2.75) is 19.5 Å². The van der Waals surface area contributed by atoms with Crippen molar-refractivity contribution in [1.29, 1.82) is 0 Å². The lowest BCUT2D eigenvalue weighted by Gasteiger charge is -2.06. The van der Waals surface area contributed by atoms with Gasteiger partial charge in [0.1, 0.15) is 17.8 Å². The first-order chi connectivity index (χ1) is 9.94. The van der Waals surface area contributed by atoms with Crippen LogP contribution in [-0.4, -0.2) is 6.18 Å². The van der Waals surface area contributed by atoms with Gasteiger partial charge in [0.15, 0.2) is 0 Å². The largest absolute Gasteiger partial charge is 0.460 e. The molecule has 3 aromatic rings. The number of halogens is 3. The zero-order valence-corrected chi connectivity index (χ0v) is 11.4. The van der Waals surface area contributed by atoms with E-state index in [9.17, 15) is 13.2 Å². The molecule has 4 heteroatoms. The third kappa shape index (κ3) is 2.79. The van der Waals surface area contributed by atoms with Crippen molar-refractivity contribution < 1.29 is 17.6 Å². The Hall–Kier alpha value is -2.23. The fourth-order valence-corrected chi connectivity index (χ4v) is 2.49. The SMILES string of the molecule is Cc1ccc2oc(CC(F)(F)F)c(-c3ccccc3)c2c1. The van der Waals surface area contributed by atoms with Crippen LogP contribution in [0, 0.1) is 6.92 Å². The highest BCUT2D eigenvalue weighted by Crippen LogP contribution is 2.38. The van der Waals surface area contributed by atoms with E-state index in [1.165, 1.54) is 0 Å². The maximum absolute atomic E-state index is 12.8. The third-order valence-electron chi connectivity index (χ3n) is 3.34. The number of benzene rings is 2. The summed E-state index contributed by atoms with van der Waals surface area (Å²) in [5.74, 6) is -0.0331.